The Hall–Kier alpha value is -0.0400. The Balaban J connectivity index is 1.50. The summed E-state index contributed by atoms with van der Waals surface area (Å²) in [4.78, 5) is 0. The average molecular weight is 195 g/mol. The van der Waals surface area contributed by atoms with Gasteiger partial charge >= 0.3 is 0 Å². The quantitative estimate of drug-likeness (QED) is 0.664. The van der Waals surface area contributed by atoms with Crippen LogP contribution < -0.4 is 5.32 Å². The van der Waals surface area contributed by atoms with Crippen molar-refractivity contribution < 1.29 is 0 Å². The van der Waals surface area contributed by atoms with Crippen molar-refractivity contribution in [3.8, 4) is 0 Å². The summed E-state index contributed by atoms with van der Waals surface area (Å²) in [5.74, 6) is 3.06. The van der Waals surface area contributed by atoms with Crippen LogP contribution in [0.4, 0.5) is 0 Å². The fourth-order valence-corrected chi connectivity index (χ4v) is 2.76. The molecule has 0 amide bonds. The van der Waals surface area contributed by atoms with Crippen molar-refractivity contribution in [1.82, 2.24) is 5.32 Å². The van der Waals surface area contributed by atoms with E-state index in [0.29, 0.717) is 0 Å². The first-order valence-corrected chi connectivity index (χ1v) is 6.55. The summed E-state index contributed by atoms with van der Waals surface area (Å²) in [5.41, 5.74) is 0. The first-order valence-electron chi connectivity index (χ1n) is 6.55. The molecule has 82 valence electrons. The van der Waals surface area contributed by atoms with Crippen molar-refractivity contribution in [2.75, 3.05) is 13.1 Å². The van der Waals surface area contributed by atoms with E-state index in [1.54, 1.807) is 0 Å². The Labute approximate surface area is 88.7 Å². The average Bonchev–Trinajstić information content (AvgIpc) is 2.96. The van der Waals surface area contributed by atoms with Crippen LogP contribution in [0.3, 0.4) is 0 Å². The maximum Gasteiger partial charge on any atom is -0.00204 e. The maximum absolute atomic E-state index is 3.65. The molecule has 1 nitrogen and oxygen atoms in total. The van der Waals surface area contributed by atoms with Gasteiger partial charge in [-0.05, 0) is 50.1 Å². The van der Waals surface area contributed by atoms with Gasteiger partial charge in [-0.25, -0.2) is 0 Å². The standard InChI is InChI=1S/C13H25N/c1-11-3-2-4-13(9-11)10-14-8-7-12-5-6-12/h11-14H,2-10H2,1H3. The fourth-order valence-electron chi connectivity index (χ4n) is 2.76. The third kappa shape index (κ3) is 3.61. The molecule has 0 heterocycles. The third-order valence-corrected chi connectivity index (χ3v) is 3.90. The molecule has 0 aromatic carbocycles. The predicted molar refractivity (Wildman–Crippen MR) is 61.3 cm³/mol. The lowest BCUT2D eigenvalue weighted by atomic mass is 9.82. The van der Waals surface area contributed by atoms with E-state index in [4.69, 9.17) is 0 Å². The minimum absolute atomic E-state index is 0.984. The van der Waals surface area contributed by atoms with Crippen molar-refractivity contribution in [3.63, 3.8) is 0 Å². The highest BCUT2D eigenvalue weighted by Gasteiger charge is 2.21. The predicted octanol–water partition coefficient (Wildman–Crippen LogP) is 3.20. The normalized spacial score (nSPS) is 33.2. The number of nitrogens with one attached hydrogen (secondary N) is 1. The lowest BCUT2D eigenvalue weighted by molar-refractivity contribution is 0.274. The van der Waals surface area contributed by atoms with Crippen molar-refractivity contribution >= 4 is 0 Å². The molecular weight excluding hydrogens is 170 g/mol. The van der Waals surface area contributed by atoms with Gasteiger partial charge in [-0.2, -0.15) is 0 Å². The van der Waals surface area contributed by atoms with Crippen LogP contribution in [0.25, 0.3) is 0 Å². The molecule has 2 fully saturated rings. The summed E-state index contributed by atoms with van der Waals surface area (Å²) in [6.45, 7) is 4.98. The van der Waals surface area contributed by atoms with Crippen molar-refractivity contribution in [2.45, 2.75) is 51.9 Å². The van der Waals surface area contributed by atoms with Crippen molar-refractivity contribution in [3.05, 3.63) is 0 Å². The molecule has 0 aliphatic heterocycles. The van der Waals surface area contributed by atoms with Gasteiger partial charge in [-0.1, -0.05) is 32.6 Å². The van der Waals surface area contributed by atoms with Gasteiger partial charge in [0.2, 0.25) is 0 Å². The van der Waals surface area contributed by atoms with E-state index in [1.807, 2.05) is 0 Å². The Morgan fingerprint density at radius 1 is 1.07 bits per heavy atom. The monoisotopic (exact) mass is 195 g/mol. The van der Waals surface area contributed by atoms with Crippen LogP contribution in [0.2, 0.25) is 0 Å². The van der Waals surface area contributed by atoms with E-state index in [-0.39, 0.29) is 0 Å². The second-order valence-corrected chi connectivity index (χ2v) is 5.57. The summed E-state index contributed by atoms with van der Waals surface area (Å²) in [6.07, 6.45) is 10.3. The summed E-state index contributed by atoms with van der Waals surface area (Å²) in [6, 6.07) is 0. The lowest BCUT2D eigenvalue weighted by Crippen LogP contribution is -2.27. The molecule has 0 radical (unpaired) electrons. The molecule has 0 aromatic heterocycles. The molecule has 2 aliphatic rings. The summed E-state index contributed by atoms with van der Waals surface area (Å²) < 4.78 is 0. The van der Waals surface area contributed by atoms with Gasteiger partial charge in [0, 0.05) is 0 Å². The van der Waals surface area contributed by atoms with E-state index in [1.165, 1.54) is 58.0 Å². The van der Waals surface area contributed by atoms with Crippen LogP contribution in [0.15, 0.2) is 0 Å². The van der Waals surface area contributed by atoms with Crippen LogP contribution in [-0.4, -0.2) is 13.1 Å². The Morgan fingerprint density at radius 2 is 1.93 bits per heavy atom. The number of hydrogen-bond donors (Lipinski definition) is 1. The van der Waals surface area contributed by atoms with Crippen LogP contribution >= 0.6 is 0 Å². The Kier molecular flexibility index (Phi) is 3.86. The summed E-state index contributed by atoms with van der Waals surface area (Å²) in [5, 5.41) is 3.65. The number of rotatable bonds is 5. The van der Waals surface area contributed by atoms with Crippen LogP contribution in [-0.2, 0) is 0 Å². The van der Waals surface area contributed by atoms with Gasteiger partial charge < -0.3 is 5.32 Å². The minimum Gasteiger partial charge on any atom is -0.316 e. The molecule has 2 atom stereocenters. The zero-order valence-corrected chi connectivity index (χ0v) is 9.60. The molecule has 14 heavy (non-hydrogen) atoms. The Morgan fingerprint density at radius 3 is 2.64 bits per heavy atom. The largest absolute Gasteiger partial charge is 0.316 e. The molecule has 2 aliphatic carbocycles. The van der Waals surface area contributed by atoms with Gasteiger partial charge in [-0.3, -0.25) is 0 Å². The van der Waals surface area contributed by atoms with Crippen LogP contribution in [0, 0.1) is 17.8 Å². The molecule has 0 bridgehead atoms. The van der Waals surface area contributed by atoms with Crippen molar-refractivity contribution in [2.24, 2.45) is 17.8 Å². The SMILES string of the molecule is CC1CCCC(CNCCC2CC2)C1. The molecule has 2 rings (SSSR count). The van der Waals surface area contributed by atoms with E-state index in [0.717, 1.165) is 17.8 Å². The second kappa shape index (κ2) is 5.16. The molecule has 0 saturated heterocycles. The second-order valence-electron chi connectivity index (χ2n) is 5.57. The molecule has 1 N–H and O–H groups in total. The van der Waals surface area contributed by atoms with Gasteiger partial charge in [-0.15, -0.1) is 0 Å². The molecule has 1 heteroatoms. The van der Waals surface area contributed by atoms with E-state index in [2.05, 4.69) is 12.2 Å². The molecule has 2 unspecified atom stereocenters. The smallest absolute Gasteiger partial charge is 0.00204 e. The van der Waals surface area contributed by atoms with Gasteiger partial charge in [0.25, 0.3) is 0 Å². The fraction of sp³-hybridized carbons (Fsp3) is 1.00. The lowest BCUT2D eigenvalue weighted by Gasteiger charge is -2.26. The number of hydrogen-bond acceptors (Lipinski definition) is 1. The molecule has 2 saturated carbocycles. The van der Waals surface area contributed by atoms with Crippen molar-refractivity contribution in [1.29, 1.82) is 0 Å². The van der Waals surface area contributed by atoms with E-state index >= 15 is 0 Å². The first-order chi connectivity index (χ1) is 6.84. The van der Waals surface area contributed by atoms with Gasteiger partial charge in [0.1, 0.15) is 0 Å². The molecular formula is C13H25N. The highest BCUT2D eigenvalue weighted by atomic mass is 14.9. The maximum atomic E-state index is 3.65. The third-order valence-electron chi connectivity index (χ3n) is 3.90. The van der Waals surface area contributed by atoms with E-state index < -0.39 is 0 Å². The highest BCUT2D eigenvalue weighted by Crippen LogP contribution is 2.32. The zero-order valence-electron chi connectivity index (χ0n) is 9.60. The Bertz CT molecular complexity index is 163. The summed E-state index contributed by atoms with van der Waals surface area (Å²) >= 11 is 0. The zero-order chi connectivity index (χ0) is 9.80. The highest BCUT2D eigenvalue weighted by molar-refractivity contribution is 4.75. The van der Waals surface area contributed by atoms with Crippen LogP contribution in [0.1, 0.15) is 51.9 Å². The minimum atomic E-state index is 0.984. The molecule has 0 spiro atoms. The van der Waals surface area contributed by atoms with Crippen LogP contribution in [0.5, 0.6) is 0 Å². The van der Waals surface area contributed by atoms with Gasteiger partial charge in [0.15, 0.2) is 0 Å². The first kappa shape index (κ1) is 10.5. The van der Waals surface area contributed by atoms with Gasteiger partial charge in [0.05, 0.1) is 0 Å². The summed E-state index contributed by atoms with van der Waals surface area (Å²) in [7, 11) is 0. The molecule has 0 aromatic rings. The topological polar surface area (TPSA) is 12.0 Å². The van der Waals surface area contributed by atoms with E-state index in [9.17, 15) is 0 Å².